The first kappa shape index (κ1) is 25.0. The molecule has 0 aliphatic heterocycles. The van der Waals surface area contributed by atoms with Crippen LogP contribution in [0.5, 0.6) is 0 Å². The lowest BCUT2D eigenvalue weighted by atomic mass is 9.83. The van der Waals surface area contributed by atoms with Gasteiger partial charge in [-0.25, -0.2) is 0 Å². The minimum atomic E-state index is 0.909. The summed E-state index contributed by atoms with van der Waals surface area (Å²) in [6, 6.07) is 18.6. The van der Waals surface area contributed by atoms with E-state index in [9.17, 15) is 0 Å². The Balaban J connectivity index is 1.30. The fourth-order valence-corrected chi connectivity index (χ4v) is 6.02. The molecular formula is C34H46. The molecule has 34 heavy (non-hydrogen) atoms. The number of hydrogen-bond acceptors (Lipinski definition) is 0. The molecule has 0 heterocycles. The Morgan fingerprint density at radius 3 is 1.44 bits per heavy atom. The van der Waals surface area contributed by atoms with E-state index in [0.29, 0.717) is 0 Å². The maximum atomic E-state index is 2.53. The van der Waals surface area contributed by atoms with Crippen LogP contribution in [-0.4, -0.2) is 0 Å². The Morgan fingerprint density at radius 2 is 1.00 bits per heavy atom. The van der Waals surface area contributed by atoms with Crippen LogP contribution in [0.3, 0.4) is 0 Å². The highest BCUT2D eigenvalue weighted by atomic mass is 14.2. The molecule has 0 saturated carbocycles. The van der Waals surface area contributed by atoms with Gasteiger partial charge in [-0.3, -0.25) is 0 Å². The molecule has 2 aliphatic carbocycles. The first-order valence-corrected chi connectivity index (χ1v) is 14.4. The van der Waals surface area contributed by atoms with Gasteiger partial charge < -0.3 is 0 Å². The molecule has 0 heteroatoms. The van der Waals surface area contributed by atoms with E-state index in [1.54, 1.807) is 11.1 Å². The fourth-order valence-electron chi connectivity index (χ4n) is 6.02. The highest BCUT2D eigenvalue weighted by Gasteiger charge is 2.16. The molecule has 2 aliphatic rings. The summed E-state index contributed by atoms with van der Waals surface area (Å²) in [6.45, 7) is 4.61. The molecule has 0 N–H and O–H groups in total. The molecular weight excluding hydrogens is 408 g/mol. The van der Waals surface area contributed by atoms with E-state index in [0.717, 1.165) is 11.8 Å². The lowest BCUT2D eigenvalue weighted by Crippen LogP contribution is -2.05. The van der Waals surface area contributed by atoms with Gasteiger partial charge in [-0.15, -0.1) is 0 Å². The van der Waals surface area contributed by atoms with Crippen LogP contribution in [0.1, 0.15) is 115 Å². The zero-order valence-electron chi connectivity index (χ0n) is 21.8. The third-order valence-corrected chi connectivity index (χ3v) is 8.30. The molecule has 4 rings (SSSR count). The molecule has 182 valence electrons. The zero-order valence-corrected chi connectivity index (χ0v) is 21.8. The maximum Gasteiger partial charge on any atom is -0.0184 e. The molecule has 2 atom stereocenters. The van der Waals surface area contributed by atoms with Crippen molar-refractivity contribution in [3.63, 3.8) is 0 Å². The second-order valence-corrected chi connectivity index (χ2v) is 10.9. The predicted molar refractivity (Wildman–Crippen MR) is 151 cm³/mol. The Bertz CT molecular complexity index is 925. The van der Waals surface area contributed by atoms with Gasteiger partial charge in [0.05, 0.1) is 0 Å². The van der Waals surface area contributed by atoms with Gasteiger partial charge in [0.25, 0.3) is 0 Å². The van der Waals surface area contributed by atoms with Gasteiger partial charge in [-0.1, -0.05) is 126 Å². The van der Waals surface area contributed by atoms with Crippen LogP contribution in [0.2, 0.25) is 0 Å². The van der Waals surface area contributed by atoms with Gasteiger partial charge in [0.1, 0.15) is 0 Å². The molecule has 0 saturated heterocycles. The Hall–Kier alpha value is -2.08. The largest absolute Gasteiger partial charge is 0.0804 e. The van der Waals surface area contributed by atoms with Crippen molar-refractivity contribution in [2.45, 2.75) is 104 Å². The second kappa shape index (κ2) is 13.1. The first-order chi connectivity index (χ1) is 16.8. The summed E-state index contributed by atoms with van der Waals surface area (Å²) in [5.41, 5.74) is 8.62. The Kier molecular flexibility index (Phi) is 9.66. The molecule has 0 amide bonds. The van der Waals surface area contributed by atoms with E-state index in [1.807, 2.05) is 0 Å². The van der Waals surface area contributed by atoms with Gasteiger partial charge in [0.2, 0.25) is 0 Å². The number of unbranched alkanes of at least 4 members (excludes halogenated alkanes) is 4. The van der Waals surface area contributed by atoms with Gasteiger partial charge in [0, 0.05) is 0 Å². The van der Waals surface area contributed by atoms with Crippen LogP contribution < -0.4 is 0 Å². The van der Waals surface area contributed by atoms with Crippen molar-refractivity contribution < 1.29 is 0 Å². The second-order valence-electron chi connectivity index (χ2n) is 10.9. The summed E-state index contributed by atoms with van der Waals surface area (Å²) in [4.78, 5) is 0. The van der Waals surface area contributed by atoms with Crippen molar-refractivity contribution in [2.24, 2.45) is 11.8 Å². The van der Waals surface area contributed by atoms with Crippen molar-refractivity contribution in [2.75, 3.05) is 0 Å². The maximum absolute atomic E-state index is 2.53. The van der Waals surface area contributed by atoms with Crippen molar-refractivity contribution in [3.05, 3.63) is 71.8 Å². The topological polar surface area (TPSA) is 0 Å². The van der Waals surface area contributed by atoms with Crippen molar-refractivity contribution in [1.82, 2.24) is 0 Å². The van der Waals surface area contributed by atoms with Crippen LogP contribution in [0.15, 0.2) is 60.7 Å². The normalized spacial score (nSPS) is 20.6. The van der Waals surface area contributed by atoms with Crippen LogP contribution in [-0.2, 0) is 0 Å². The Morgan fingerprint density at radius 1 is 0.529 bits per heavy atom. The third kappa shape index (κ3) is 6.97. The molecule has 0 bridgehead atoms. The molecule has 0 fully saturated rings. The molecule has 0 spiro atoms. The smallest absolute Gasteiger partial charge is 0.0184 e. The van der Waals surface area contributed by atoms with E-state index < -0.39 is 0 Å². The standard InChI is InChI=1S/C34H46/c1-3-5-6-7-8-10-28-13-17-30(18-14-28)32-21-25-34(26-22-32)33-23-19-31(20-24-33)29-15-11-27(9-4-2)12-16-29/h15,17,19-28H,3-14,16,18H2,1-2H3. The van der Waals surface area contributed by atoms with E-state index in [-0.39, 0.29) is 0 Å². The van der Waals surface area contributed by atoms with E-state index in [2.05, 4.69) is 74.5 Å². The van der Waals surface area contributed by atoms with Gasteiger partial charge in [-0.05, 0) is 83.8 Å². The SMILES string of the molecule is CCCCCCCC1CC=C(c2ccc(-c3ccc(C4=CCC(CCC)CC4)cc3)cc2)CC1. The first-order valence-electron chi connectivity index (χ1n) is 14.4. The van der Waals surface area contributed by atoms with E-state index in [1.165, 1.54) is 112 Å². The summed E-state index contributed by atoms with van der Waals surface area (Å²) in [7, 11) is 0. The number of allylic oxidation sites excluding steroid dienone is 4. The minimum Gasteiger partial charge on any atom is -0.0804 e. The van der Waals surface area contributed by atoms with E-state index in [4.69, 9.17) is 0 Å². The van der Waals surface area contributed by atoms with Crippen molar-refractivity contribution >= 4 is 11.1 Å². The predicted octanol–water partition coefficient (Wildman–Crippen LogP) is 10.9. The number of benzene rings is 2. The fraction of sp³-hybridized carbons (Fsp3) is 0.529. The summed E-state index contributed by atoms with van der Waals surface area (Å²) in [5.74, 6) is 1.83. The summed E-state index contributed by atoms with van der Waals surface area (Å²) < 4.78 is 0. The molecule has 2 aromatic carbocycles. The summed E-state index contributed by atoms with van der Waals surface area (Å²) >= 11 is 0. The van der Waals surface area contributed by atoms with Crippen LogP contribution in [0, 0.1) is 11.8 Å². The number of rotatable bonds is 11. The molecule has 0 radical (unpaired) electrons. The van der Waals surface area contributed by atoms with E-state index >= 15 is 0 Å². The van der Waals surface area contributed by atoms with Gasteiger partial charge in [0.15, 0.2) is 0 Å². The molecule has 2 unspecified atom stereocenters. The lowest BCUT2D eigenvalue weighted by Gasteiger charge is -2.22. The average Bonchev–Trinajstić information content (AvgIpc) is 2.90. The van der Waals surface area contributed by atoms with Gasteiger partial charge in [-0.2, -0.15) is 0 Å². The highest BCUT2D eigenvalue weighted by molar-refractivity contribution is 5.73. The van der Waals surface area contributed by atoms with Crippen LogP contribution >= 0.6 is 0 Å². The molecule has 0 nitrogen and oxygen atoms in total. The minimum absolute atomic E-state index is 0.909. The molecule has 0 aromatic heterocycles. The zero-order chi connectivity index (χ0) is 23.6. The van der Waals surface area contributed by atoms with Crippen molar-refractivity contribution in [3.8, 4) is 11.1 Å². The molecule has 2 aromatic rings. The summed E-state index contributed by atoms with van der Waals surface area (Å²) in [6.07, 6.45) is 24.0. The van der Waals surface area contributed by atoms with Crippen LogP contribution in [0.4, 0.5) is 0 Å². The highest BCUT2D eigenvalue weighted by Crippen LogP contribution is 2.35. The summed E-state index contributed by atoms with van der Waals surface area (Å²) in [5, 5.41) is 0. The quantitative estimate of drug-likeness (QED) is 0.296. The van der Waals surface area contributed by atoms with Crippen molar-refractivity contribution in [1.29, 1.82) is 0 Å². The number of hydrogen-bond donors (Lipinski definition) is 0. The van der Waals surface area contributed by atoms with Crippen LogP contribution in [0.25, 0.3) is 22.3 Å². The third-order valence-electron chi connectivity index (χ3n) is 8.30. The monoisotopic (exact) mass is 454 g/mol. The van der Waals surface area contributed by atoms with Gasteiger partial charge >= 0.3 is 0 Å². The Labute approximate surface area is 209 Å². The average molecular weight is 455 g/mol. The lowest BCUT2D eigenvalue weighted by molar-refractivity contribution is 0.423.